The molecule has 0 aliphatic heterocycles. The molecule has 6 heterocycles. The zero-order valence-corrected chi connectivity index (χ0v) is 56.6. The van der Waals surface area contributed by atoms with E-state index in [9.17, 15) is 0 Å². The molecule has 6 aromatic carbocycles. The topological polar surface area (TPSA) is 77.3 Å². The minimum absolute atomic E-state index is 0. The van der Waals surface area contributed by atoms with Gasteiger partial charge in [0.05, 0.1) is 0 Å². The fourth-order valence-electron chi connectivity index (χ4n) is 13.3. The zero-order chi connectivity index (χ0) is 61.7. The number of hydrogen-bond donors (Lipinski definition) is 0. The van der Waals surface area contributed by atoms with Crippen molar-refractivity contribution in [2.24, 2.45) is 23.7 Å². The summed E-state index contributed by atoms with van der Waals surface area (Å²) >= 11 is 0. The van der Waals surface area contributed by atoms with E-state index in [-0.39, 0.29) is 40.2 Å². The van der Waals surface area contributed by atoms with E-state index in [1.54, 1.807) is 0 Å². The molecule has 94 heavy (non-hydrogen) atoms. The third-order valence-corrected chi connectivity index (χ3v) is 18.0. The van der Waals surface area contributed by atoms with Crippen LogP contribution in [0, 0.1) is 60.1 Å². The van der Waals surface area contributed by atoms with Crippen molar-refractivity contribution in [1.82, 2.24) is 29.9 Å². The third kappa shape index (κ3) is 16.1. The molecule has 0 radical (unpaired) electrons. The van der Waals surface area contributed by atoms with Gasteiger partial charge in [0.2, 0.25) is 0 Å². The van der Waals surface area contributed by atoms with E-state index in [1.807, 2.05) is 110 Å². The molecule has 0 bridgehead atoms. The fourth-order valence-corrected chi connectivity index (χ4v) is 13.3. The normalized spacial score (nSPS) is 18.0. The van der Waals surface area contributed by atoms with E-state index in [2.05, 4.69) is 238 Å². The average molecular weight is 1570 g/mol. The van der Waals surface area contributed by atoms with Gasteiger partial charge < -0.3 is 29.9 Å². The number of benzene rings is 6. The van der Waals surface area contributed by atoms with Crippen molar-refractivity contribution in [3.63, 3.8) is 0 Å². The summed E-state index contributed by atoms with van der Waals surface area (Å²) in [5.74, 6) is 2.04. The maximum Gasteiger partial charge on any atom is 3.00 e. The number of aromatic nitrogens is 6. The summed E-state index contributed by atoms with van der Waals surface area (Å²) in [6, 6.07) is 92.2. The monoisotopic (exact) mass is 1570 g/mol. The summed E-state index contributed by atoms with van der Waals surface area (Å²) in [6.07, 6.45) is 36.3. The van der Waals surface area contributed by atoms with Gasteiger partial charge in [0.15, 0.2) is 0 Å². The molecule has 2 fully saturated rings. The van der Waals surface area contributed by atoms with Crippen molar-refractivity contribution >= 4 is 24.3 Å². The van der Waals surface area contributed by atoms with Gasteiger partial charge in [0.25, 0.3) is 0 Å². The Hall–Kier alpha value is -9.52. The van der Waals surface area contributed by atoms with Crippen LogP contribution in [0.25, 0.3) is 103 Å². The van der Waals surface area contributed by atoms with E-state index < -0.39 is 0 Å². The Balaban J connectivity index is 0.00000424. The van der Waals surface area contributed by atoms with Crippen LogP contribution in [0.2, 0.25) is 0 Å². The molecule has 0 spiro atoms. The van der Waals surface area contributed by atoms with Crippen LogP contribution in [0.15, 0.2) is 268 Å². The van der Waals surface area contributed by atoms with Crippen LogP contribution in [-0.2, 0) is 40.2 Å². The van der Waals surface area contributed by atoms with E-state index in [1.165, 1.54) is 22.3 Å². The Morgan fingerprint density at radius 2 is 0.585 bits per heavy atom. The van der Waals surface area contributed by atoms with Crippen molar-refractivity contribution in [3.05, 3.63) is 338 Å². The Bertz CT molecular complexity index is 3990. The van der Waals surface area contributed by atoms with Crippen molar-refractivity contribution in [3.8, 4) is 78.7 Å². The molecule has 2 saturated carbocycles. The van der Waals surface area contributed by atoms with E-state index in [0.29, 0.717) is 46.9 Å². The molecule has 14 rings (SSSR count). The first kappa shape index (κ1) is 64.6. The summed E-state index contributed by atoms with van der Waals surface area (Å²) in [7, 11) is 0. The second-order valence-electron chi connectivity index (χ2n) is 24.2. The van der Waals surface area contributed by atoms with Gasteiger partial charge in [-0.2, -0.15) is 12.1 Å². The van der Waals surface area contributed by atoms with Gasteiger partial charge in [-0.1, -0.05) is 144 Å². The summed E-state index contributed by atoms with van der Waals surface area (Å²) in [5.41, 5.74) is 20.6. The van der Waals surface area contributed by atoms with Crippen LogP contribution in [0.1, 0.15) is 83.7 Å². The molecule has 0 amide bonds. The molecule has 2 aliphatic rings. The smallest absolute Gasteiger partial charge is 0.357 e. The standard InChI is InChI=1S/C86H66N6.2Ir/c1-3-15-79(75-55-65(25-21-61-29-37-69(38-30-61)81-17-5-9-49-87-81)53-66(56-75)26-22-62-31-39-70(40-32-62)82-18-6-10-50-88-82)77(13-1)73-45-47-85(91-59-73)86-48-46-74(60-92-86)78-14-2-4-16-80(78)76-57-67(27-23-63-33-41-71(42-34-63)83-19-7-11-51-89-83)54-68(58-76)28-24-64-35-43-72(44-36-64)84-20-8-12-52-90-84;;/h1-37,39,41,43,45-46,49-52,59-60,65-68,75-76H,53-58H2;;/q-6;2*+3/b25-21-,26-22-,27-23-,28-24-;;. The fraction of sp³-hybridized carbons (Fsp3) is 0.140. The number of allylic oxidation sites excluding steroid dienone is 4. The Kier molecular flexibility index (Phi) is 21.6. The van der Waals surface area contributed by atoms with Crippen molar-refractivity contribution < 1.29 is 40.2 Å². The molecule has 4 atom stereocenters. The van der Waals surface area contributed by atoms with Crippen molar-refractivity contribution in [2.75, 3.05) is 0 Å². The molecule has 12 aromatic rings. The molecule has 0 N–H and O–H groups in total. The van der Waals surface area contributed by atoms with E-state index >= 15 is 0 Å². The van der Waals surface area contributed by atoms with Crippen LogP contribution in [0.3, 0.4) is 0 Å². The predicted octanol–water partition coefficient (Wildman–Crippen LogP) is 20.4. The van der Waals surface area contributed by atoms with Gasteiger partial charge in [-0.25, -0.2) is 12.1 Å². The van der Waals surface area contributed by atoms with Crippen LogP contribution in [-0.4, -0.2) is 29.9 Å². The van der Waals surface area contributed by atoms with E-state index in [0.717, 1.165) is 117 Å². The SMILES string of the molecule is [Ir+3].[Ir+3].[c-]1cc(/C=C\C2CC(/C=C\c3c[c-]c(-c4ccccn4)cc3)CC(c3ccccc3-c3c[c-]c(-c4[c-]cc(-c5ccccc5C5CC(/C=C\c6c[c-]c(-c7ccccn7)cc6)CC(/C=C\c6c[c-]c(-c7ccccn7)cc6)C5)cn4)nc3)C2)ccc1-c1ccccn1. The first-order chi connectivity index (χ1) is 45.5. The summed E-state index contributed by atoms with van der Waals surface area (Å²) in [5, 5.41) is 0. The first-order valence-electron chi connectivity index (χ1n) is 31.9. The van der Waals surface area contributed by atoms with Gasteiger partial charge in [-0.05, 0) is 145 Å². The van der Waals surface area contributed by atoms with Gasteiger partial charge in [-0.3, -0.25) is 0 Å². The van der Waals surface area contributed by atoms with Crippen molar-refractivity contribution in [2.45, 2.75) is 50.4 Å². The van der Waals surface area contributed by atoms with Gasteiger partial charge in [-0.15, -0.1) is 177 Å². The largest absolute Gasteiger partial charge is 3.00 e. The minimum atomic E-state index is 0. The second kappa shape index (κ2) is 31.4. The molecule has 458 valence electrons. The molecule has 0 saturated heterocycles. The number of rotatable bonds is 17. The third-order valence-electron chi connectivity index (χ3n) is 18.0. The molecule has 8 heteroatoms. The molecular formula is C86H66Ir2N6. The second-order valence-corrected chi connectivity index (χ2v) is 24.2. The Morgan fingerprint density at radius 1 is 0.287 bits per heavy atom. The van der Waals surface area contributed by atoms with Crippen LogP contribution >= 0.6 is 0 Å². The van der Waals surface area contributed by atoms with Crippen molar-refractivity contribution in [1.29, 1.82) is 0 Å². The quantitative estimate of drug-likeness (QED) is 0.0846. The van der Waals surface area contributed by atoms with E-state index in [4.69, 9.17) is 9.97 Å². The number of hydrogen-bond acceptors (Lipinski definition) is 6. The predicted molar refractivity (Wildman–Crippen MR) is 373 cm³/mol. The van der Waals surface area contributed by atoms with Crippen LogP contribution in [0.5, 0.6) is 0 Å². The summed E-state index contributed by atoms with van der Waals surface area (Å²) in [6.45, 7) is 0. The van der Waals surface area contributed by atoms with Crippen LogP contribution in [0.4, 0.5) is 0 Å². The summed E-state index contributed by atoms with van der Waals surface area (Å²) in [4.78, 5) is 28.2. The summed E-state index contributed by atoms with van der Waals surface area (Å²) < 4.78 is 0. The molecule has 4 unspecified atom stereocenters. The Labute approximate surface area is 580 Å². The Morgan fingerprint density at radius 3 is 0.840 bits per heavy atom. The van der Waals surface area contributed by atoms with Crippen LogP contribution < -0.4 is 0 Å². The zero-order valence-electron chi connectivity index (χ0n) is 51.8. The first-order valence-corrected chi connectivity index (χ1v) is 31.9. The van der Waals surface area contributed by atoms with Gasteiger partial charge in [0, 0.05) is 24.8 Å². The average Bonchev–Trinajstić information content (AvgIpc) is 0.832. The number of nitrogens with zero attached hydrogens (tertiary/aromatic N) is 6. The molecule has 2 aliphatic carbocycles. The maximum atomic E-state index is 5.04. The molecular weight excluding hydrogens is 1500 g/mol. The van der Waals surface area contributed by atoms with Gasteiger partial charge >= 0.3 is 40.2 Å². The molecule has 6 nitrogen and oxygen atoms in total. The van der Waals surface area contributed by atoms with Gasteiger partial charge in [0.1, 0.15) is 0 Å². The minimum Gasteiger partial charge on any atom is -0.357 e. The molecule has 6 aromatic heterocycles. The number of pyridine rings is 6. The maximum absolute atomic E-state index is 5.04.